The fraction of sp³-hybridized carbons (Fsp3) is 1.00. The third-order valence-corrected chi connectivity index (χ3v) is 4.33. The molecular weight excluding hydrogens is 210 g/mol. The van der Waals surface area contributed by atoms with Crippen LogP contribution in [0.4, 0.5) is 0 Å². The zero-order valence-electron chi connectivity index (χ0n) is 11.5. The van der Waals surface area contributed by atoms with Gasteiger partial charge in [-0.1, -0.05) is 6.42 Å². The van der Waals surface area contributed by atoms with Gasteiger partial charge in [0.05, 0.1) is 0 Å². The molecule has 2 aliphatic rings. The molecule has 1 N–H and O–H groups in total. The summed E-state index contributed by atoms with van der Waals surface area (Å²) in [5.41, 5.74) is 0. The van der Waals surface area contributed by atoms with Gasteiger partial charge in [0.1, 0.15) is 0 Å². The molecule has 1 unspecified atom stereocenters. The lowest BCUT2D eigenvalue weighted by Gasteiger charge is -2.32. The molecule has 0 aromatic heterocycles. The Labute approximate surface area is 107 Å². The average Bonchev–Trinajstić information content (AvgIpc) is 2.84. The number of piperidine rings is 1. The van der Waals surface area contributed by atoms with Gasteiger partial charge in [0.25, 0.3) is 0 Å². The van der Waals surface area contributed by atoms with E-state index in [1.165, 1.54) is 77.8 Å². The Balaban J connectivity index is 1.47. The summed E-state index contributed by atoms with van der Waals surface area (Å²) in [6, 6.07) is 0.788. The largest absolute Gasteiger partial charge is 0.315 e. The summed E-state index contributed by atoms with van der Waals surface area (Å²) in [4.78, 5) is 5.13. The molecule has 100 valence electrons. The highest BCUT2D eigenvalue weighted by atomic mass is 15.2. The van der Waals surface area contributed by atoms with Crippen LogP contribution >= 0.6 is 0 Å². The van der Waals surface area contributed by atoms with Gasteiger partial charge in [-0.2, -0.15) is 0 Å². The lowest BCUT2D eigenvalue weighted by Crippen LogP contribution is -2.43. The molecule has 0 aromatic rings. The van der Waals surface area contributed by atoms with E-state index in [1.54, 1.807) is 0 Å². The molecule has 2 rings (SSSR count). The van der Waals surface area contributed by atoms with Gasteiger partial charge >= 0.3 is 0 Å². The number of nitrogens with one attached hydrogen (secondary N) is 1. The predicted molar refractivity (Wildman–Crippen MR) is 73.4 cm³/mol. The van der Waals surface area contributed by atoms with Crippen molar-refractivity contribution >= 4 is 0 Å². The Kier molecular flexibility index (Phi) is 5.75. The molecule has 0 spiro atoms. The molecule has 2 aliphatic heterocycles. The fourth-order valence-corrected chi connectivity index (χ4v) is 3.10. The third kappa shape index (κ3) is 4.57. The minimum atomic E-state index is 0.788. The Bertz CT molecular complexity index is 202. The Morgan fingerprint density at radius 1 is 1.06 bits per heavy atom. The molecule has 0 aromatic carbocycles. The first kappa shape index (κ1) is 13.3. The minimum Gasteiger partial charge on any atom is -0.315 e. The van der Waals surface area contributed by atoms with Gasteiger partial charge in [0, 0.05) is 12.6 Å². The minimum absolute atomic E-state index is 0.788. The van der Waals surface area contributed by atoms with Crippen LogP contribution in [0.3, 0.4) is 0 Å². The first-order chi connectivity index (χ1) is 8.36. The van der Waals surface area contributed by atoms with Crippen LogP contribution in [0.15, 0.2) is 0 Å². The summed E-state index contributed by atoms with van der Waals surface area (Å²) in [6.45, 7) is 7.65. The number of hydrogen-bond donors (Lipinski definition) is 1. The van der Waals surface area contributed by atoms with Crippen LogP contribution in [0.1, 0.15) is 38.5 Å². The molecule has 0 saturated carbocycles. The van der Waals surface area contributed by atoms with Crippen molar-refractivity contribution in [3.63, 3.8) is 0 Å². The molecule has 17 heavy (non-hydrogen) atoms. The van der Waals surface area contributed by atoms with Gasteiger partial charge in [0.2, 0.25) is 0 Å². The normalized spacial score (nSPS) is 27.7. The lowest BCUT2D eigenvalue weighted by molar-refractivity contribution is 0.181. The van der Waals surface area contributed by atoms with E-state index in [0.717, 1.165) is 6.04 Å². The van der Waals surface area contributed by atoms with E-state index < -0.39 is 0 Å². The quantitative estimate of drug-likeness (QED) is 0.710. The van der Waals surface area contributed by atoms with Crippen LogP contribution in [0, 0.1) is 0 Å². The predicted octanol–water partition coefficient (Wildman–Crippen LogP) is 1.55. The van der Waals surface area contributed by atoms with E-state index in [2.05, 4.69) is 22.2 Å². The van der Waals surface area contributed by atoms with Crippen molar-refractivity contribution in [3.8, 4) is 0 Å². The van der Waals surface area contributed by atoms with E-state index in [0.29, 0.717) is 0 Å². The van der Waals surface area contributed by atoms with Gasteiger partial charge in [0.15, 0.2) is 0 Å². The topological polar surface area (TPSA) is 18.5 Å². The molecule has 2 heterocycles. The number of likely N-dealkylation sites (N-methyl/N-ethyl adjacent to an activating group) is 1. The van der Waals surface area contributed by atoms with E-state index in [-0.39, 0.29) is 0 Å². The molecule has 2 fully saturated rings. The van der Waals surface area contributed by atoms with Crippen LogP contribution in [-0.2, 0) is 0 Å². The summed E-state index contributed by atoms with van der Waals surface area (Å²) >= 11 is 0. The summed E-state index contributed by atoms with van der Waals surface area (Å²) in [5.74, 6) is 0. The average molecular weight is 239 g/mol. The van der Waals surface area contributed by atoms with Gasteiger partial charge in [-0.3, -0.25) is 0 Å². The summed E-state index contributed by atoms with van der Waals surface area (Å²) < 4.78 is 0. The van der Waals surface area contributed by atoms with Crippen LogP contribution in [0.25, 0.3) is 0 Å². The van der Waals surface area contributed by atoms with E-state index in [9.17, 15) is 0 Å². The van der Waals surface area contributed by atoms with Crippen molar-refractivity contribution in [1.29, 1.82) is 0 Å². The van der Waals surface area contributed by atoms with Crippen molar-refractivity contribution < 1.29 is 0 Å². The van der Waals surface area contributed by atoms with Crippen LogP contribution in [0.5, 0.6) is 0 Å². The summed E-state index contributed by atoms with van der Waals surface area (Å²) in [5, 5.41) is 3.64. The smallest absolute Gasteiger partial charge is 0.0217 e. The molecule has 0 aliphatic carbocycles. The number of nitrogens with zero attached hydrogens (tertiary/aromatic N) is 2. The maximum atomic E-state index is 3.64. The lowest BCUT2D eigenvalue weighted by atomic mass is 10.0. The second-order valence-corrected chi connectivity index (χ2v) is 5.74. The zero-order valence-corrected chi connectivity index (χ0v) is 11.5. The van der Waals surface area contributed by atoms with Crippen molar-refractivity contribution in [1.82, 2.24) is 15.1 Å². The molecule has 0 amide bonds. The van der Waals surface area contributed by atoms with E-state index in [1.807, 2.05) is 0 Å². The van der Waals surface area contributed by atoms with Crippen LogP contribution in [-0.4, -0.2) is 62.2 Å². The SMILES string of the molecule is CN1CCCCC1CNCCCN1CCCC1. The molecule has 2 saturated heterocycles. The second kappa shape index (κ2) is 7.34. The molecule has 3 nitrogen and oxygen atoms in total. The first-order valence-corrected chi connectivity index (χ1v) is 7.49. The highest BCUT2D eigenvalue weighted by Crippen LogP contribution is 2.13. The Hall–Kier alpha value is -0.120. The van der Waals surface area contributed by atoms with Gasteiger partial charge < -0.3 is 15.1 Å². The third-order valence-electron chi connectivity index (χ3n) is 4.33. The molecule has 3 heteroatoms. The zero-order chi connectivity index (χ0) is 11.9. The van der Waals surface area contributed by atoms with Crippen molar-refractivity contribution in [3.05, 3.63) is 0 Å². The molecular formula is C14H29N3. The maximum absolute atomic E-state index is 3.64. The van der Waals surface area contributed by atoms with Gasteiger partial charge in [-0.05, 0) is 71.9 Å². The molecule has 0 radical (unpaired) electrons. The van der Waals surface area contributed by atoms with Crippen LogP contribution in [0.2, 0.25) is 0 Å². The monoisotopic (exact) mass is 239 g/mol. The van der Waals surface area contributed by atoms with Crippen molar-refractivity contribution in [2.45, 2.75) is 44.6 Å². The highest BCUT2D eigenvalue weighted by Gasteiger charge is 2.17. The standard InChI is InChI=1S/C14H29N3/c1-16-9-3-2-7-14(16)13-15-8-6-12-17-10-4-5-11-17/h14-15H,2-13H2,1H3. The maximum Gasteiger partial charge on any atom is 0.0217 e. The highest BCUT2D eigenvalue weighted by molar-refractivity contribution is 4.76. The van der Waals surface area contributed by atoms with Gasteiger partial charge in [-0.15, -0.1) is 0 Å². The van der Waals surface area contributed by atoms with Crippen LogP contribution < -0.4 is 5.32 Å². The van der Waals surface area contributed by atoms with Crippen molar-refractivity contribution in [2.24, 2.45) is 0 Å². The fourth-order valence-electron chi connectivity index (χ4n) is 3.10. The summed E-state index contributed by atoms with van der Waals surface area (Å²) in [7, 11) is 2.27. The number of likely N-dealkylation sites (tertiary alicyclic amines) is 2. The summed E-state index contributed by atoms with van der Waals surface area (Å²) in [6.07, 6.45) is 8.35. The Morgan fingerprint density at radius 2 is 1.82 bits per heavy atom. The van der Waals surface area contributed by atoms with Gasteiger partial charge in [-0.25, -0.2) is 0 Å². The number of hydrogen-bond acceptors (Lipinski definition) is 3. The number of rotatable bonds is 6. The Morgan fingerprint density at radius 3 is 2.59 bits per heavy atom. The van der Waals surface area contributed by atoms with E-state index in [4.69, 9.17) is 0 Å². The molecule has 0 bridgehead atoms. The first-order valence-electron chi connectivity index (χ1n) is 7.49. The van der Waals surface area contributed by atoms with Crippen molar-refractivity contribution in [2.75, 3.05) is 46.3 Å². The molecule has 1 atom stereocenters. The van der Waals surface area contributed by atoms with E-state index >= 15 is 0 Å². The second-order valence-electron chi connectivity index (χ2n) is 5.74.